The molecule has 82 valence electrons. The topological polar surface area (TPSA) is 80.9 Å². The van der Waals surface area contributed by atoms with Gasteiger partial charge in [0, 0.05) is 12.6 Å². The van der Waals surface area contributed by atoms with Gasteiger partial charge in [0.2, 0.25) is 0 Å². The fourth-order valence-electron chi connectivity index (χ4n) is 1.84. The summed E-state index contributed by atoms with van der Waals surface area (Å²) in [6.45, 7) is 2.73. The van der Waals surface area contributed by atoms with Crippen molar-refractivity contribution in [1.82, 2.24) is 9.55 Å². The summed E-state index contributed by atoms with van der Waals surface area (Å²) in [7, 11) is 0. The second-order valence-corrected chi connectivity index (χ2v) is 4.30. The van der Waals surface area contributed by atoms with Gasteiger partial charge in [0.1, 0.15) is 5.82 Å². The molecule has 0 atom stereocenters. The van der Waals surface area contributed by atoms with Crippen molar-refractivity contribution in [2.24, 2.45) is 5.41 Å². The third-order valence-electron chi connectivity index (χ3n) is 3.27. The van der Waals surface area contributed by atoms with Crippen LogP contribution in [-0.4, -0.2) is 9.55 Å². The molecule has 1 heterocycles. The van der Waals surface area contributed by atoms with Gasteiger partial charge in [0.05, 0.1) is 0 Å². The number of hydrogen-bond acceptors (Lipinski definition) is 3. The van der Waals surface area contributed by atoms with Crippen molar-refractivity contribution in [3.63, 3.8) is 0 Å². The summed E-state index contributed by atoms with van der Waals surface area (Å²) in [5.74, 6) is 0.253. The van der Waals surface area contributed by atoms with Crippen LogP contribution >= 0.6 is 0 Å². The van der Waals surface area contributed by atoms with E-state index < -0.39 is 11.2 Å². The van der Waals surface area contributed by atoms with Crippen LogP contribution in [0.15, 0.2) is 15.7 Å². The van der Waals surface area contributed by atoms with Gasteiger partial charge in [0.25, 0.3) is 5.56 Å². The van der Waals surface area contributed by atoms with Crippen molar-refractivity contribution in [3.8, 4) is 0 Å². The van der Waals surface area contributed by atoms with E-state index in [1.54, 1.807) is 0 Å². The quantitative estimate of drug-likeness (QED) is 0.751. The molecule has 15 heavy (non-hydrogen) atoms. The standard InChI is InChI=1S/C10H15N3O2/c1-2-10(3-4-10)6-13-7(11)5-8(14)12-9(13)15/h5H,2-4,6,11H2,1H3,(H,12,14,15). The second-order valence-electron chi connectivity index (χ2n) is 4.30. The Morgan fingerprint density at radius 2 is 2.20 bits per heavy atom. The predicted octanol–water partition coefficient (Wildman–Crippen LogP) is 0.309. The molecule has 2 rings (SSSR count). The number of nitrogens with zero attached hydrogens (tertiary/aromatic N) is 1. The van der Waals surface area contributed by atoms with E-state index in [0.29, 0.717) is 6.54 Å². The Morgan fingerprint density at radius 3 is 2.67 bits per heavy atom. The molecule has 1 aromatic rings. The molecule has 0 unspecified atom stereocenters. The van der Waals surface area contributed by atoms with Gasteiger partial charge in [-0.3, -0.25) is 14.3 Å². The first kappa shape index (κ1) is 10.0. The fourth-order valence-corrected chi connectivity index (χ4v) is 1.84. The summed E-state index contributed by atoms with van der Waals surface area (Å²) in [6.07, 6.45) is 3.31. The van der Waals surface area contributed by atoms with E-state index in [-0.39, 0.29) is 11.2 Å². The number of nitrogen functional groups attached to an aromatic ring is 1. The van der Waals surface area contributed by atoms with Crippen LogP contribution < -0.4 is 17.0 Å². The molecule has 1 saturated carbocycles. The van der Waals surface area contributed by atoms with Gasteiger partial charge in [-0.2, -0.15) is 0 Å². The summed E-state index contributed by atoms with van der Waals surface area (Å²) >= 11 is 0. The van der Waals surface area contributed by atoms with Crippen LogP contribution in [0.1, 0.15) is 26.2 Å². The van der Waals surface area contributed by atoms with Crippen LogP contribution in [0.5, 0.6) is 0 Å². The Bertz CT molecular complexity index is 482. The van der Waals surface area contributed by atoms with Crippen molar-refractivity contribution in [1.29, 1.82) is 0 Å². The van der Waals surface area contributed by atoms with Gasteiger partial charge >= 0.3 is 5.69 Å². The number of anilines is 1. The highest BCUT2D eigenvalue weighted by atomic mass is 16.2. The Labute approximate surface area is 86.9 Å². The number of aromatic amines is 1. The van der Waals surface area contributed by atoms with Crippen LogP contribution in [0.3, 0.4) is 0 Å². The monoisotopic (exact) mass is 209 g/mol. The Hall–Kier alpha value is -1.52. The molecule has 1 aliphatic carbocycles. The van der Waals surface area contributed by atoms with Gasteiger partial charge < -0.3 is 5.73 Å². The Balaban J connectivity index is 2.37. The van der Waals surface area contributed by atoms with E-state index in [9.17, 15) is 9.59 Å². The van der Waals surface area contributed by atoms with Gasteiger partial charge in [0.15, 0.2) is 0 Å². The van der Waals surface area contributed by atoms with Crippen molar-refractivity contribution < 1.29 is 0 Å². The van der Waals surface area contributed by atoms with E-state index >= 15 is 0 Å². The van der Waals surface area contributed by atoms with Crippen LogP contribution in [-0.2, 0) is 6.54 Å². The van der Waals surface area contributed by atoms with Crippen LogP contribution in [0, 0.1) is 5.41 Å². The highest BCUT2D eigenvalue weighted by Gasteiger charge is 2.41. The molecule has 1 fully saturated rings. The lowest BCUT2D eigenvalue weighted by molar-refractivity contribution is 0.401. The van der Waals surface area contributed by atoms with Gasteiger partial charge in [-0.05, 0) is 24.7 Å². The first-order valence-electron chi connectivity index (χ1n) is 5.16. The molecule has 1 aromatic heterocycles. The third-order valence-corrected chi connectivity index (χ3v) is 3.27. The third kappa shape index (κ3) is 1.82. The molecule has 0 amide bonds. The van der Waals surface area contributed by atoms with E-state index in [1.165, 1.54) is 10.6 Å². The minimum Gasteiger partial charge on any atom is -0.385 e. The molecule has 0 bridgehead atoms. The largest absolute Gasteiger partial charge is 0.385 e. The molecule has 0 aliphatic heterocycles. The van der Waals surface area contributed by atoms with Gasteiger partial charge in [-0.15, -0.1) is 0 Å². The van der Waals surface area contributed by atoms with Crippen molar-refractivity contribution >= 4 is 5.82 Å². The van der Waals surface area contributed by atoms with E-state index in [1.807, 2.05) is 0 Å². The van der Waals surface area contributed by atoms with Gasteiger partial charge in [-0.25, -0.2) is 4.79 Å². The molecule has 0 aromatic carbocycles. The highest BCUT2D eigenvalue weighted by Crippen LogP contribution is 2.49. The average molecular weight is 209 g/mol. The molecular formula is C10H15N3O2. The van der Waals surface area contributed by atoms with E-state index in [2.05, 4.69) is 11.9 Å². The molecule has 0 spiro atoms. The number of H-pyrrole nitrogens is 1. The van der Waals surface area contributed by atoms with Crippen LogP contribution in [0.2, 0.25) is 0 Å². The number of nitrogens with one attached hydrogen (secondary N) is 1. The summed E-state index contributed by atoms with van der Waals surface area (Å²) in [5, 5.41) is 0. The Kier molecular flexibility index (Phi) is 2.17. The van der Waals surface area contributed by atoms with Gasteiger partial charge in [-0.1, -0.05) is 6.92 Å². The SMILES string of the molecule is CCC1(Cn2c(N)cc(=O)[nH]c2=O)CC1. The first-order chi connectivity index (χ1) is 7.06. The molecule has 1 aliphatic rings. The Morgan fingerprint density at radius 1 is 1.53 bits per heavy atom. The zero-order valence-electron chi connectivity index (χ0n) is 8.75. The summed E-state index contributed by atoms with van der Waals surface area (Å²) < 4.78 is 1.46. The summed E-state index contributed by atoms with van der Waals surface area (Å²) in [5.41, 5.74) is 5.05. The lowest BCUT2D eigenvalue weighted by atomic mass is 10.0. The average Bonchev–Trinajstić information content (AvgIpc) is 2.92. The lowest BCUT2D eigenvalue weighted by Gasteiger charge is -2.15. The zero-order valence-corrected chi connectivity index (χ0v) is 8.75. The van der Waals surface area contributed by atoms with Crippen LogP contribution in [0.25, 0.3) is 0 Å². The van der Waals surface area contributed by atoms with E-state index in [0.717, 1.165) is 19.3 Å². The van der Waals surface area contributed by atoms with Crippen molar-refractivity contribution in [2.75, 3.05) is 5.73 Å². The lowest BCUT2D eigenvalue weighted by Crippen LogP contribution is -2.33. The molecular weight excluding hydrogens is 194 g/mol. The maximum atomic E-state index is 11.5. The minimum absolute atomic E-state index is 0.232. The normalized spacial score (nSPS) is 17.7. The van der Waals surface area contributed by atoms with Crippen molar-refractivity contribution in [2.45, 2.75) is 32.7 Å². The molecule has 5 nitrogen and oxygen atoms in total. The maximum Gasteiger partial charge on any atom is 0.329 e. The van der Waals surface area contributed by atoms with Crippen LogP contribution in [0.4, 0.5) is 5.82 Å². The maximum absolute atomic E-state index is 11.5. The predicted molar refractivity (Wildman–Crippen MR) is 57.7 cm³/mol. The molecule has 0 radical (unpaired) electrons. The number of aromatic nitrogens is 2. The second kappa shape index (κ2) is 3.25. The smallest absolute Gasteiger partial charge is 0.329 e. The van der Waals surface area contributed by atoms with Crippen molar-refractivity contribution in [3.05, 3.63) is 26.9 Å². The summed E-state index contributed by atoms with van der Waals surface area (Å²) in [6, 6.07) is 1.26. The zero-order chi connectivity index (χ0) is 11.1. The number of rotatable bonds is 3. The van der Waals surface area contributed by atoms with E-state index in [4.69, 9.17) is 5.73 Å². The molecule has 5 heteroatoms. The number of hydrogen-bond donors (Lipinski definition) is 2. The highest BCUT2D eigenvalue weighted by molar-refractivity contribution is 5.26. The summed E-state index contributed by atoms with van der Waals surface area (Å²) in [4.78, 5) is 24.7. The molecule has 0 saturated heterocycles. The minimum atomic E-state index is -0.435. The molecule has 3 N–H and O–H groups in total. The fraction of sp³-hybridized carbons (Fsp3) is 0.600. The number of nitrogens with two attached hydrogens (primary N) is 1. The first-order valence-corrected chi connectivity index (χ1v) is 5.16.